The van der Waals surface area contributed by atoms with Gasteiger partial charge >= 0.3 is 6.03 Å². The molecule has 0 unspecified atom stereocenters. The molecule has 1 aliphatic heterocycles. The molecule has 7 nitrogen and oxygen atoms in total. The van der Waals surface area contributed by atoms with Crippen molar-refractivity contribution < 1.29 is 9.59 Å². The van der Waals surface area contributed by atoms with Crippen LogP contribution in [0.2, 0.25) is 0 Å². The largest absolute Gasteiger partial charge is 0.338 e. The van der Waals surface area contributed by atoms with E-state index in [-0.39, 0.29) is 11.9 Å². The third-order valence-electron chi connectivity index (χ3n) is 3.94. The zero-order valence-corrected chi connectivity index (χ0v) is 13.7. The first-order valence-corrected chi connectivity index (χ1v) is 8.03. The van der Waals surface area contributed by atoms with Gasteiger partial charge in [-0.2, -0.15) is 5.10 Å². The Morgan fingerprint density at radius 2 is 2.08 bits per heavy atom. The molecule has 0 bridgehead atoms. The van der Waals surface area contributed by atoms with E-state index in [0.717, 1.165) is 24.9 Å². The van der Waals surface area contributed by atoms with E-state index in [1.54, 1.807) is 24.1 Å². The molecule has 24 heavy (non-hydrogen) atoms. The lowest BCUT2D eigenvalue weighted by molar-refractivity contribution is -0.133. The predicted molar refractivity (Wildman–Crippen MR) is 91.6 cm³/mol. The van der Waals surface area contributed by atoms with E-state index in [9.17, 15) is 9.59 Å². The van der Waals surface area contributed by atoms with E-state index in [2.05, 4.69) is 15.7 Å². The van der Waals surface area contributed by atoms with Crippen LogP contribution in [0.5, 0.6) is 0 Å². The minimum atomic E-state index is -0.325. The Morgan fingerprint density at radius 3 is 2.83 bits per heavy atom. The summed E-state index contributed by atoms with van der Waals surface area (Å²) in [6, 6.07) is 7.24. The maximum atomic E-state index is 12.0. The van der Waals surface area contributed by atoms with Gasteiger partial charge in [-0.05, 0) is 30.5 Å². The lowest BCUT2D eigenvalue weighted by Gasteiger charge is -2.26. The summed E-state index contributed by atoms with van der Waals surface area (Å²) in [5, 5.41) is 9.52. The third kappa shape index (κ3) is 4.13. The number of carbonyl (C=O) groups is 2. The van der Waals surface area contributed by atoms with Crippen molar-refractivity contribution in [3.8, 4) is 0 Å². The first kappa shape index (κ1) is 16.0. The highest BCUT2D eigenvalue weighted by atomic mass is 16.2. The molecule has 126 valence electrons. The summed E-state index contributed by atoms with van der Waals surface area (Å²) in [5.41, 5.74) is 2.33. The highest BCUT2D eigenvalue weighted by molar-refractivity contribution is 5.99. The Labute approximate surface area is 140 Å². The Hall–Kier alpha value is -2.83. The zero-order chi connectivity index (χ0) is 16.9. The molecule has 1 aliphatic rings. The van der Waals surface area contributed by atoms with Gasteiger partial charge in [0, 0.05) is 38.4 Å². The van der Waals surface area contributed by atoms with Crippen LogP contribution >= 0.6 is 0 Å². The molecule has 1 saturated heterocycles. The molecule has 1 aromatic carbocycles. The van der Waals surface area contributed by atoms with Crippen molar-refractivity contribution in [3.05, 3.63) is 42.2 Å². The Kier molecular flexibility index (Phi) is 4.79. The zero-order valence-electron chi connectivity index (χ0n) is 13.7. The number of carbonyl (C=O) groups excluding carboxylic acids is 2. The van der Waals surface area contributed by atoms with E-state index in [4.69, 9.17) is 0 Å². The molecule has 0 spiro atoms. The van der Waals surface area contributed by atoms with E-state index in [0.29, 0.717) is 24.3 Å². The van der Waals surface area contributed by atoms with E-state index < -0.39 is 0 Å². The molecule has 1 aromatic heterocycles. The van der Waals surface area contributed by atoms with Crippen molar-refractivity contribution in [2.24, 2.45) is 7.05 Å². The SMILES string of the molecule is Cn1cc(NC(=O)Nc2cccc(CN3CCCCC3=O)c2)cn1. The summed E-state index contributed by atoms with van der Waals surface area (Å²) in [6.45, 7) is 1.39. The van der Waals surface area contributed by atoms with Gasteiger partial charge < -0.3 is 15.5 Å². The number of anilines is 2. The summed E-state index contributed by atoms with van der Waals surface area (Å²) >= 11 is 0. The van der Waals surface area contributed by atoms with Crippen molar-refractivity contribution in [3.63, 3.8) is 0 Å². The summed E-state index contributed by atoms with van der Waals surface area (Å²) in [5.74, 6) is 0.203. The maximum Gasteiger partial charge on any atom is 0.323 e. The number of hydrogen-bond acceptors (Lipinski definition) is 3. The van der Waals surface area contributed by atoms with Crippen molar-refractivity contribution in [1.29, 1.82) is 0 Å². The van der Waals surface area contributed by atoms with Gasteiger partial charge in [0.2, 0.25) is 5.91 Å². The minimum Gasteiger partial charge on any atom is -0.338 e. The van der Waals surface area contributed by atoms with Crippen molar-refractivity contribution >= 4 is 23.3 Å². The molecule has 7 heteroatoms. The van der Waals surface area contributed by atoms with Gasteiger partial charge in [-0.25, -0.2) is 4.79 Å². The average Bonchev–Trinajstić information content (AvgIpc) is 2.95. The van der Waals surface area contributed by atoms with Gasteiger partial charge in [0.05, 0.1) is 11.9 Å². The van der Waals surface area contributed by atoms with Crippen LogP contribution in [-0.2, 0) is 18.4 Å². The normalized spacial score (nSPS) is 14.5. The second-order valence-electron chi connectivity index (χ2n) is 5.95. The van der Waals surface area contributed by atoms with E-state index in [1.807, 2.05) is 29.2 Å². The lowest BCUT2D eigenvalue weighted by atomic mass is 10.1. The molecule has 3 amide bonds. The topological polar surface area (TPSA) is 79.3 Å². The minimum absolute atomic E-state index is 0.203. The fourth-order valence-corrected chi connectivity index (χ4v) is 2.78. The molecule has 3 rings (SSSR count). The fourth-order valence-electron chi connectivity index (χ4n) is 2.78. The first-order valence-electron chi connectivity index (χ1n) is 8.03. The third-order valence-corrected chi connectivity index (χ3v) is 3.94. The smallest absolute Gasteiger partial charge is 0.323 e. The van der Waals surface area contributed by atoms with Crippen LogP contribution in [0, 0.1) is 0 Å². The lowest BCUT2D eigenvalue weighted by Crippen LogP contribution is -2.34. The van der Waals surface area contributed by atoms with Crippen LogP contribution in [-0.4, -0.2) is 33.2 Å². The fraction of sp³-hybridized carbons (Fsp3) is 0.353. The number of hydrogen-bond donors (Lipinski definition) is 2. The molecule has 0 saturated carbocycles. The quantitative estimate of drug-likeness (QED) is 0.906. The molecule has 2 aromatic rings. The van der Waals surface area contributed by atoms with Gasteiger partial charge in [-0.1, -0.05) is 12.1 Å². The van der Waals surface area contributed by atoms with Crippen LogP contribution in [0.3, 0.4) is 0 Å². The summed E-state index contributed by atoms with van der Waals surface area (Å²) < 4.78 is 1.62. The summed E-state index contributed by atoms with van der Waals surface area (Å²) in [4.78, 5) is 25.8. The Balaban J connectivity index is 1.60. The second kappa shape index (κ2) is 7.16. The molecule has 0 atom stereocenters. The predicted octanol–water partition coefficient (Wildman–Crippen LogP) is 2.58. The highest BCUT2D eigenvalue weighted by Crippen LogP contribution is 2.17. The number of aromatic nitrogens is 2. The Bertz CT molecular complexity index is 740. The van der Waals surface area contributed by atoms with E-state index in [1.165, 1.54) is 0 Å². The molecule has 2 heterocycles. The van der Waals surface area contributed by atoms with Crippen LogP contribution in [0.15, 0.2) is 36.7 Å². The Morgan fingerprint density at radius 1 is 1.25 bits per heavy atom. The van der Waals surface area contributed by atoms with Crippen LogP contribution < -0.4 is 10.6 Å². The number of amides is 3. The molecule has 0 aliphatic carbocycles. The number of likely N-dealkylation sites (tertiary alicyclic amines) is 1. The van der Waals surface area contributed by atoms with Crippen LogP contribution in [0.4, 0.5) is 16.2 Å². The van der Waals surface area contributed by atoms with Crippen molar-refractivity contribution in [2.45, 2.75) is 25.8 Å². The summed E-state index contributed by atoms with van der Waals surface area (Å²) in [6.07, 6.45) is 5.96. The number of benzene rings is 1. The monoisotopic (exact) mass is 327 g/mol. The van der Waals surface area contributed by atoms with Gasteiger partial charge in [-0.15, -0.1) is 0 Å². The number of aryl methyl sites for hydroxylation is 1. The number of urea groups is 1. The second-order valence-corrected chi connectivity index (χ2v) is 5.95. The molecular formula is C17H21N5O2. The number of nitrogens with one attached hydrogen (secondary N) is 2. The molecule has 2 N–H and O–H groups in total. The van der Waals surface area contributed by atoms with Crippen LogP contribution in [0.25, 0.3) is 0 Å². The average molecular weight is 327 g/mol. The van der Waals surface area contributed by atoms with Crippen molar-refractivity contribution in [2.75, 3.05) is 17.2 Å². The van der Waals surface area contributed by atoms with Crippen molar-refractivity contribution in [1.82, 2.24) is 14.7 Å². The van der Waals surface area contributed by atoms with Gasteiger partial charge in [0.1, 0.15) is 0 Å². The summed E-state index contributed by atoms with van der Waals surface area (Å²) in [7, 11) is 1.79. The molecule has 1 fully saturated rings. The number of piperidine rings is 1. The maximum absolute atomic E-state index is 12.0. The number of nitrogens with zero attached hydrogens (tertiary/aromatic N) is 3. The number of rotatable bonds is 4. The van der Waals surface area contributed by atoms with Gasteiger partial charge in [-0.3, -0.25) is 9.48 Å². The highest BCUT2D eigenvalue weighted by Gasteiger charge is 2.18. The van der Waals surface area contributed by atoms with Gasteiger partial charge in [0.15, 0.2) is 0 Å². The molecule has 0 radical (unpaired) electrons. The first-order chi connectivity index (χ1) is 11.6. The standard InChI is InChI=1S/C17H21N5O2/c1-21-12-15(10-18-21)20-17(24)19-14-6-4-5-13(9-14)11-22-8-3-2-7-16(22)23/h4-6,9-10,12H,2-3,7-8,11H2,1H3,(H2,19,20,24). The van der Waals surface area contributed by atoms with Gasteiger partial charge in [0.25, 0.3) is 0 Å². The van der Waals surface area contributed by atoms with E-state index >= 15 is 0 Å². The van der Waals surface area contributed by atoms with Crippen LogP contribution in [0.1, 0.15) is 24.8 Å². The molecular weight excluding hydrogens is 306 g/mol.